The fraction of sp³-hybridized carbons (Fsp3) is 0.250. The van der Waals surface area contributed by atoms with Crippen molar-refractivity contribution in [1.29, 1.82) is 0 Å². The minimum absolute atomic E-state index is 0.0361. The molecule has 2 aromatic carbocycles. The van der Waals surface area contributed by atoms with E-state index in [4.69, 9.17) is 9.47 Å². The van der Waals surface area contributed by atoms with Gasteiger partial charge in [0.1, 0.15) is 11.4 Å². The number of methoxy groups -OCH3 is 1. The summed E-state index contributed by atoms with van der Waals surface area (Å²) in [5.41, 5.74) is 3.05. The topological polar surface area (TPSA) is 96.6 Å². The number of hydrogen-bond donors (Lipinski definition) is 2. The Balaban J connectivity index is 1.50. The van der Waals surface area contributed by atoms with Crippen LogP contribution >= 0.6 is 0 Å². The molecule has 4 aromatic rings. The Morgan fingerprint density at radius 2 is 1.89 bits per heavy atom. The third-order valence-corrected chi connectivity index (χ3v) is 6.27. The summed E-state index contributed by atoms with van der Waals surface area (Å²) in [7, 11) is 1.54. The number of pyridine rings is 1. The zero-order valence-electron chi connectivity index (χ0n) is 20.7. The van der Waals surface area contributed by atoms with Gasteiger partial charge in [0, 0.05) is 30.7 Å². The fourth-order valence-electron chi connectivity index (χ4n) is 4.18. The Labute approximate surface area is 209 Å². The van der Waals surface area contributed by atoms with E-state index in [1.165, 1.54) is 0 Å². The molecule has 2 amide bonds. The molecule has 184 valence electrons. The van der Waals surface area contributed by atoms with Crippen LogP contribution in [-0.2, 0) is 10.2 Å². The number of aromatic amines is 1. The smallest absolute Gasteiger partial charge is 0.272 e. The maximum absolute atomic E-state index is 13.4. The van der Waals surface area contributed by atoms with E-state index in [1.807, 2.05) is 30.3 Å². The highest BCUT2D eigenvalue weighted by Crippen LogP contribution is 2.42. The zero-order valence-corrected chi connectivity index (χ0v) is 20.7. The molecule has 5 rings (SSSR count). The molecule has 1 aliphatic rings. The average molecular weight is 485 g/mol. The highest BCUT2D eigenvalue weighted by atomic mass is 16.5. The van der Waals surface area contributed by atoms with Gasteiger partial charge < -0.3 is 24.7 Å². The number of carbonyl (C=O) groups is 2. The quantitative estimate of drug-likeness (QED) is 0.345. The first-order chi connectivity index (χ1) is 17.2. The number of hydrogen-bond acceptors (Lipinski definition) is 5. The molecule has 0 radical (unpaired) electrons. The van der Waals surface area contributed by atoms with Crippen LogP contribution in [0, 0.1) is 0 Å². The molecule has 0 saturated carbocycles. The monoisotopic (exact) mass is 484 g/mol. The van der Waals surface area contributed by atoms with Crippen molar-refractivity contribution in [1.82, 2.24) is 9.97 Å². The largest absolute Gasteiger partial charge is 0.492 e. The van der Waals surface area contributed by atoms with Gasteiger partial charge >= 0.3 is 0 Å². The molecular weight excluding hydrogens is 456 g/mol. The molecule has 0 bridgehead atoms. The van der Waals surface area contributed by atoms with Crippen molar-refractivity contribution in [3.63, 3.8) is 0 Å². The predicted molar refractivity (Wildman–Crippen MR) is 139 cm³/mol. The Kier molecular flexibility index (Phi) is 5.88. The first-order valence-corrected chi connectivity index (χ1v) is 11.8. The number of nitrogens with zero attached hydrogens (tertiary/aromatic N) is 2. The second-order valence-corrected chi connectivity index (χ2v) is 9.76. The normalized spacial score (nSPS) is 13.4. The Morgan fingerprint density at radius 3 is 2.53 bits per heavy atom. The molecule has 2 N–H and O–H groups in total. The van der Waals surface area contributed by atoms with Crippen molar-refractivity contribution in [2.24, 2.45) is 0 Å². The van der Waals surface area contributed by atoms with Crippen LogP contribution in [0.5, 0.6) is 17.2 Å². The third-order valence-electron chi connectivity index (χ3n) is 6.27. The van der Waals surface area contributed by atoms with E-state index in [-0.39, 0.29) is 17.2 Å². The summed E-state index contributed by atoms with van der Waals surface area (Å²) in [4.78, 5) is 34.5. The lowest BCUT2D eigenvalue weighted by Crippen LogP contribution is -2.43. The highest BCUT2D eigenvalue weighted by Gasteiger charge is 2.31. The van der Waals surface area contributed by atoms with Gasteiger partial charge in [0.05, 0.1) is 24.0 Å². The van der Waals surface area contributed by atoms with Crippen molar-refractivity contribution in [3.05, 3.63) is 72.2 Å². The molecule has 1 aliphatic heterocycles. The van der Waals surface area contributed by atoms with E-state index < -0.39 is 0 Å². The van der Waals surface area contributed by atoms with Crippen LogP contribution in [0.15, 0.2) is 60.9 Å². The highest BCUT2D eigenvalue weighted by molar-refractivity contribution is 6.09. The summed E-state index contributed by atoms with van der Waals surface area (Å²) in [5, 5.41) is 3.84. The van der Waals surface area contributed by atoms with Gasteiger partial charge in [-0.2, -0.15) is 0 Å². The maximum Gasteiger partial charge on any atom is 0.272 e. The van der Waals surface area contributed by atoms with E-state index in [0.717, 1.165) is 10.9 Å². The van der Waals surface area contributed by atoms with Crippen LogP contribution in [0.1, 0.15) is 43.2 Å². The average Bonchev–Trinajstić information content (AvgIpc) is 3.29. The van der Waals surface area contributed by atoms with Crippen LogP contribution in [-0.4, -0.2) is 35.4 Å². The Hall–Kier alpha value is -4.33. The first-order valence-electron chi connectivity index (χ1n) is 11.8. The lowest BCUT2D eigenvalue weighted by molar-refractivity contribution is -0.122. The van der Waals surface area contributed by atoms with Crippen molar-refractivity contribution in [2.75, 3.05) is 23.9 Å². The number of fused-ring (bicyclic) bond motifs is 1. The Bertz CT molecular complexity index is 1450. The van der Waals surface area contributed by atoms with Crippen LogP contribution in [0.3, 0.4) is 0 Å². The van der Waals surface area contributed by atoms with Crippen molar-refractivity contribution in [2.45, 2.75) is 32.6 Å². The molecular formula is C28H28N4O4. The van der Waals surface area contributed by atoms with Gasteiger partial charge in [0.2, 0.25) is 5.91 Å². The van der Waals surface area contributed by atoms with Gasteiger partial charge in [-0.1, -0.05) is 32.9 Å². The summed E-state index contributed by atoms with van der Waals surface area (Å²) in [6.07, 6.45) is 3.82. The summed E-state index contributed by atoms with van der Waals surface area (Å²) in [5.74, 6) is 1.42. The van der Waals surface area contributed by atoms with Crippen LogP contribution in [0.2, 0.25) is 0 Å². The summed E-state index contributed by atoms with van der Waals surface area (Å²) >= 11 is 0. The molecule has 36 heavy (non-hydrogen) atoms. The van der Waals surface area contributed by atoms with Gasteiger partial charge in [0.15, 0.2) is 11.5 Å². The SMILES string of the molecule is COc1c(NC(=O)c2cc3cccc(Oc4ccncc4)c3[nH]2)cc(C(C)(C)C)cc1N1CCC1=O. The number of ether oxygens (including phenoxy) is 2. The van der Waals surface area contributed by atoms with Gasteiger partial charge in [-0.15, -0.1) is 0 Å². The number of H-pyrrole nitrogens is 1. The number of anilines is 2. The number of aromatic nitrogens is 2. The van der Waals surface area contributed by atoms with E-state index >= 15 is 0 Å². The molecule has 1 fully saturated rings. The van der Waals surface area contributed by atoms with E-state index in [0.29, 0.717) is 52.8 Å². The van der Waals surface area contributed by atoms with Crippen LogP contribution < -0.4 is 19.7 Å². The van der Waals surface area contributed by atoms with Gasteiger partial charge in [-0.25, -0.2) is 0 Å². The second kappa shape index (κ2) is 9.03. The predicted octanol–water partition coefficient (Wildman–Crippen LogP) is 5.65. The molecule has 0 unspecified atom stereocenters. The van der Waals surface area contributed by atoms with E-state index in [1.54, 1.807) is 42.6 Å². The number of para-hydroxylation sites is 1. The van der Waals surface area contributed by atoms with E-state index in [2.05, 4.69) is 36.1 Å². The Morgan fingerprint density at radius 1 is 1.11 bits per heavy atom. The fourth-order valence-corrected chi connectivity index (χ4v) is 4.18. The number of β-lactam (4-membered cyclic amide) rings is 1. The first kappa shape index (κ1) is 23.4. The van der Waals surface area contributed by atoms with Crippen molar-refractivity contribution >= 4 is 34.1 Å². The van der Waals surface area contributed by atoms with Gasteiger partial charge in [-0.3, -0.25) is 14.6 Å². The lowest BCUT2D eigenvalue weighted by atomic mass is 9.86. The molecule has 0 aliphatic carbocycles. The maximum atomic E-state index is 13.4. The lowest BCUT2D eigenvalue weighted by Gasteiger charge is -2.34. The number of amides is 2. The van der Waals surface area contributed by atoms with Gasteiger partial charge in [-0.05, 0) is 47.4 Å². The number of rotatable bonds is 6. The molecule has 2 aromatic heterocycles. The van der Waals surface area contributed by atoms with Crippen molar-refractivity contribution < 1.29 is 19.1 Å². The van der Waals surface area contributed by atoms with Gasteiger partial charge in [0.25, 0.3) is 5.91 Å². The summed E-state index contributed by atoms with van der Waals surface area (Å²) in [6, 6.07) is 14.8. The summed E-state index contributed by atoms with van der Waals surface area (Å²) in [6.45, 7) is 6.89. The zero-order chi connectivity index (χ0) is 25.4. The minimum atomic E-state index is -0.327. The number of carbonyl (C=O) groups excluding carboxylic acids is 2. The molecule has 1 saturated heterocycles. The number of nitrogens with one attached hydrogen (secondary N) is 2. The van der Waals surface area contributed by atoms with E-state index in [9.17, 15) is 9.59 Å². The minimum Gasteiger partial charge on any atom is -0.492 e. The molecule has 0 atom stereocenters. The second-order valence-electron chi connectivity index (χ2n) is 9.76. The molecule has 0 spiro atoms. The molecule has 8 heteroatoms. The van der Waals surface area contributed by atoms with Crippen molar-refractivity contribution in [3.8, 4) is 17.2 Å². The molecule has 8 nitrogen and oxygen atoms in total. The van der Waals surface area contributed by atoms with Crippen LogP contribution in [0.4, 0.5) is 11.4 Å². The number of benzene rings is 2. The third kappa shape index (κ3) is 4.37. The summed E-state index contributed by atoms with van der Waals surface area (Å²) < 4.78 is 11.7. The molecule has 3 heterocycles. The van der Waals surface area contributed by atoms with Crippen LogP contribution in [0.25, 0.3) is 10.9 Å². The standard InChI is InChI=1S/C28H28N4O4/c1-28(2,3)18-15-20(26(35-4)22(16-18)32-13-10-24(32)33)31-27(34)21-14-17-6-5-7-23(25(17)30-21)36-19-8-11-29-12-9-19/h5-9,11-12,14-16,30H,10,13H2,1-4H3,(H,31,34).